The molecule has 3 rings (SSSR count). The van der Waals surface area contributed by atoms with Crippen molar-refractivity contribution in [2.45, 2.75) is 63.6 Å². The fraction of sp³-hybridized carbons (Fsp3) is 0.722. The third-order valence-corrected chi connectivity index (χ3v) is 6.44. The van der Waals surface area contributed by atoms with Gasteiger partial charge in [0.25, 0.3) is 5.91 Å². The highest BCUT2D eigenvalue weighted by atomic mass is 32.2. The van der Waals surface area contributed by atoms with Crippen LogP contribution in [0.2, 0.25) is 0 Å². The summed E-state index contributed by atoms with van der Waals surface area (Å²) >= 11 is 1.51. The van der Waals surface area contributed by atoms with E-state index in [1.54, 1.807) is 0 Å². The quantitative estimate of drug-likeness (QED) is 0.603. The second-order valence-electron chi connectivity index (χ2n) is 6.94. The number of carbonyl (C=O) groups is 1. The summed E-state index contributed by atoms with van der Waals surface area (Å²) in [4.78, 5) is 24.0. The summed E-state index contributed by atoms with van der Waals surface area (Å²) in [5.74, 6) is 0.759. The molecular formula is C18H27N3O2S. The molecule has 1 aromatic rings. The van der Waals surface area contributed by atoms with Crippen LogP contribution < -0.4 is 0 Å². The van der Waals surface area contributed by atoms with Crippen molar-refractivity contribution in [1.29, 1.82) is 0 Å². The van der Waals surface area contributed by atoms with Crippen LogP contribution in [0.5, 0.6) is 0 Å². The molecule has 24 heavy (non-hydrogen) atoms. The summed E-state index contributed by atoms with van der Waals surface area (Å²) in [7, 11) is 1.93. The maximum atomic E-state index is 13.2. The molecule has 2 fully saturated rings. The van der Waals surface area contributed by atoms with Crippen molar-refractivity contribution in [3.8, 4) is 0 Å². The van der Waals surface area contributed by atoms with E-state index in [4.69, 9.17) is 4.74 Å². The molecule has 1 heterocycles. The minimum absolute atomic E-state index is 0.0445. The first-order valence-electron chi connectivity index (χ1n) is 8.72. The van der Waals surface area contributed by atoms with Gasteiger partial charge in [0, 0.05) is 25.1 Å². The first-order chi connectivity index (χ1) is 11.4. The van der Waals surface area contributed by atoms with E-state index >= 15 is 0 Å². The second kappa shape index (κ2) is 6.64. The van der Waals surface area contributed by atoms with Crippen LogP contribution in [-0.4, -0.2) is 52.8 Å². The van der Waals surface area contributed by atoms with Gasteiger partial charge in [0.15, 0.2) is 0 Å². The number of aryl methyl sites for hydroxylation is 2. The zero-order valence-electron chi connectivity index (χ0n) is 15.3. The van der Waals surface area contributed by atoms with E-state index in [1.807, 2.05) is 39.0 Å². The normalized spacial score (nSPS) is 24.4. The summed E-state index contributed by atoms with van der Waals surface area (Å²) in [6, 6.07) is 0.269. The van der Waals surface area contributed by atoms with E-state index in [0.717, 1.165) is 23.7 Å². The van der Waals surface area contributed by atoms with Crippen molar-refractivity contribution < 1.29 is 9.53 Å². The van der Waals surface area contributed by atoms with Crippen LogP contribution in [0.15, 0.2) is 5.03 Å². The molecule has 0 saturated heterocycles. The monoisotopic (exact) mass is 349 g/mol. The molecule has 2 aliphatic carbocycles. The maximum absolute atomic E-state index is 13.2. The van der Waals surface area contributed by atoms with Gasteiger partial charge < -0.3 is 9.64 Å². The lowest BCUT2D eigenvalue weighted by Gasteiger charge is -2.63. The van der Waals surface area contributed by atoms with Crippen LogP contribution in [0.3, 0.4) is 0 Å². The van der Waals surface area contributed by atoms with Crippen LogP contribution in [0.1, 0.15) is 54.5 Å². The van der Waals surface area contributed by atoms with Gasteiger partial charge in [0.05, 0.1) is 17.4 Å². The number of ether oxygens (including phenoxy) is 1. The summed E-state index contributed by atoms with van der Waals surface area (Å²) in [5, 5.41) is 0.778. The largest absolute Gasteiger partial charge is 0.378 e. The van der Waals surface area contributed by atoms with Gasteiger partial charge in [-0.25, -0.2) is 9.97 Å². The van der Waals surface area contributed by atoms with Crippen LogP contribution >= 0.6 is 11.8 Å². The predicted molar refractivity (Wildman–Crippen MR) is 95.5 cm³/mol. The Morgan fingerprint density at radius 1 is 1.38 bits per heavy atom. The van der Waals surface area contributed by atoms with Crippen LogP contribution in [0.4, 0.5) is 0 Å². The molecule has 2 atom stereocenters. The molecule has 5 nitrogen and oxygen atoms in total. The Balaban J connectivity index is 1.84. The minimum Gasteiger partial charge on any atom is -0.378 e. The first kappa shape index (κ1) is 17.7. The summed E-state index contributed by atoms with van der Waals surface area (Å²) in [6.07, 6.45) is 6.78. The smallest absolute Gasteiger partial charge is 0.258 e. The molecule has 0 N–H and O–H groups in total. The topological polar surface area (TPSA) is 55.3 Å². The molecule has 132 valence electrons. The van der Waals surface area contributed by atoms with E-state index < -0.39 is 0 Å². The standard InChI is InChI=1S/C18H27N3O2S/c1-6-23-14-10-13(18(14)8-7-9-18)21(4)17(22)15-11(2)19-12(3)20-16(15)24-5/h13-14H,6-10H2,1-5H3. The summed E-state index contributed by atoms with van der Waals surface area (Å²) < 4.78 is 5.92. The lowest BCUT2D eigenvalue weighted by Crippen LogP contribution is -2.67. The molecule has 2 aliphatic rings. The Morgan fingerprint density at radius 3 is 2.62 bits per heavy atom. The number of hydrogen-bond donors (Lipinski definition) is 0. The molecule has 0 aliphatic heterocycles. The van der Waals surface area contributed by atoms with Crippen molar-refractivity contribution in [2.75, 3.05) is 19.9 Å². The highest BCUT2D eigenvalue weighted by molar-refractivity contribution is 7.98. The Labute approximate surface area is 148 Å². The highest BCUT2D eigenvalue weighted by Crippen LogP contribution is 2.59. The molecule has 0 radical (unpaired) electrons. The molecule has 0 aromatic carbocycles. The Hall–Kier alpha value is -1.14. The molecule has 1 amide bonds. The van der Waals surface area contributed by atoms with E-state index in [-0.39, 0.29) is 17.4 Å². The van der Waals surface area contributed by atoms with Gasteiger partial charge in [-0.3, -0.25) is 4.79 Å². The first-order valence-corrected chi connectivity index (χ1v) is 9.95. The highest BCUT2D eigenvalue weighted by Gasteiger charge is 2.61. The zero-order valence-corrected chi connectivity index (χ0v) is 16.1. The van der Waals surface area contributed by atoms with E-state index in [9.17, 15) is 4.79 Å². The SMILES string of the molecule is CCOC1CC(N(C)C(=O)c2c(C)nc(C)nc2SC)C12CCC2. The molecular weight excluding hydrogens is 322 g/mol. The lowest BCUT2D eigenvalue weighted by atomic mass is 9.50. The van der Waals surface area contributed by atoms with Gasteiger partial charge in [-0.05, 0) is 46.3 Å². The number of rotatable bonds is 5. The molecule has 2 unspecified atom stereocenters. The lowest BCUT2D eigenvalue weighted by molar-refractivity contribution is -0.192. The fourth-order valence-electron chi connectivity index (χ4n) is 4.34. The van der Waals surface area contributed by atoms with E-state index in [0.29, 0.717) is 17.5 Å². The van der Waals surface area contributed by atoms with Crippen molar-refractivity contribution in [3.63, 3.8) is 0 Å². The van der Waals surface area contributed by atoms with Crippen molar-refractivity contribution >= 4 is 17.7 Å². The molecule has 2 saturated carbocycles. The third kappa shape index (κ3) is 2.64. The van der Waals surface area contributed by atoms with Gasteiger partial charge in [-0.2, -0.15) is 0 Å². The number of carbonyl (C=O) groups excluding carboxylic acids is 1. The molecule has 6 heteroatoms. The second-order valence-corrected chi connectivity index (χ2v) is 7.73. The average Bonchev–Trinajstić information content (AvgIpc) is 2.47. The number of amides is 1. The number of nitrogens with zero attached hydrogens (tertiary/aromatic N) is 3. The van der Waals surface area contributed by atoms with E-state index in [2.05, 4.69) is 9.97 Å². The van der Waals surface area contributed by atoms with Crippen LogP contribution in [0.25, 0.3) is 0 Å². The Bertz CT molecular complexity index is 645. The van der Waals surface area contributed by atoms with Gasteiger partial charge in [0.2, 0.25) is 0 Å². The van der Waals surface area contributed by atoms with Crippen molar-refractivity contribution in [1.82, 2.24) is 14.9 Å². The average molecular weight is 350 g/mol. The number of aromatic nitrogens is 2. The molecule has 1 aromatic heterocycles. The number of thioether (sulfide) groups is 1. The van der Waals surface area contributed by atoms with E-state index in [1.165, 1.54) is 31.0 Å². The Morgan fingerprint density at radius 2 is 2.08 bits per heavy atom. The summed E-state index contributed by atoms with van der Waals surface area (Å²) in [5.41, 5.74) is 1.61. The Kier molecular flexibility index (Phi) is 4.89. The molecule has 1 spiro atoms. The van der Waals surface area contributed by atoms with Crippen LogP contribution in [0, 0.1) is 19.3 Å². The summed E-state index contributed by atoms with van der Waals surface area (Å²) in [6.45, 7) is 6.57. The zero-order chi connectivity index (χ0) is 17.5. The van der Waals surface area contributed by atoms with Gasteiger partial charge in [-0.1, -0.05) is 6.42 Å². The van der Waals surface area contributed by atoms with Gasteiger partial charge >= 0.3 is 0 Å². The molecule has 0 bridgehead atoms. The predicted octanol–water partition coefficient (Wildman–Crippen LogP) is 3.24. The maximum Gasteiger partial charge on any atom is 0.258 e. The van der Waals surface area contributed by atoms with Crippen LogP contribution in [-0.2, 0) is 4.74 Å². The van der Waals surface area contributed by atoms with Crippen molar-refractivity contribution in [3.05, 3.63) is 17.1 Å². The number of hydrogen-bond acceptors (Lipinski definition) is 5. The van der Waals surface area contributed by atoms with Crippen molar-refractivity contribution in [2.24, 2.45) is 5.41 Å². The fourth-order valence-corrected chi connectivity index (χ4v) is 5.00. The third-order valence-electron chi connectivity index (χ3n) is 5.76. The minimum atomic E-state index is 0.0445. The van der Waals surface area contributed by atoms with Gasteiger partial charge in [0.1, 0.15) is 10.9 Å². The van der Waals surface area contributed by atoms with Gasteiger partial charge in [-0.15, -0.1) is 11.8 Å².